The lowest BCUT2D eigenvalue weighted by Crippen LogP contribution is -2.53. The minimum absolute atomic E-state index is 0.0257. The molecular formula is C27H35N3O4S. The number of ether oxygens (including phenoxy) is 1. The molecule has 0 heterocycles. The van der Waals surface area contributed by atoms with Crippen molar-refractivity contribution in [3.8, 4) is 0 Å². The Balaban J connectivity index is 2.36. The first kappa shape index (κ1) is 28.0. The topological polar surface area (TPSA) is 87.7 Å². The van der Waals surface area contributed by atoms with Gasteiger partial charge in [0.05, 0.1) is 0 Å². The van der Waals surface area contributed by atoms with Gasteiger partial charge in [-0.3, -0.25) is 9.59 Å². The van der Waals surface area contributed by atoms with Crippen LogP contribution in [0.5, 0.6) is 0 Å². The molecule has 2 atom stereocenters. The lowest BCUT2D eigenvalue weighted by atomic mass is 10.0. The van der Waals surface area contributed by atoms with E-state index in [1.54, 1.807) is 32.9 Å². The SMILES string of the molecule is C=CCN(C(=O)C(CS)NC(=O)OC(C)(C)C)C(C(=O)NCc1ccccc1)c1cccc(C)c1. The summed E-state index contributed by atoms with van der Waals surface area (Å²) < 4.78 is 5.30. The van der Waals surface area contributed by atoms with Crippen molar-refractivity contribution >= 4 is 30.5 Å². The van der Waals surface area contributed by atoms with Gasteiger partial charge in [-0.15, -0.1) is 6.58 Å². The lowest BCUT2D eigenvalue weighted by Gasteiger charge is -2.33. The summed E-state index contributed by atoms with van der Waals surface area (Å²) in [7, 11) is 0. The number of rotatable bonds is 10. The third-order valence-corrected chi connectivity index (χ3v) is 5.37. The second kappa shape index (κ2) is 13.0. The van der Waals surface area contributed by atoms with Crippen LogP contribution in [0.4, 0.5) is 4.79 Å². The largest absolute Gasteiger partial charge is 0.444 e. The molecule has 0 aromatic heterocycles. The van der Waals surface area contributed by atoms with Gasteiger partial charge in [0.15, 0.2) is 0 Å². The first-order chi connectivity index (χ1) is 16.6. The summed E-state index contributed by atoms with van der Waals surface area (Å²) >= 11 is 4.27. The Morgan fingerprint density at radius 1 is 1.11 bits per heavy atom. The summed E-state index contributed by atoms with van der Waals surface area (Å²) in [5, 5.41) is 5.52. The molecule has 0 aliphatic heterocycles. The molecule has 2 aromatic rings. The van der Waals surface area contributed by atoms with E-state index in [4.69, 9.17) is 4.74 Å². The summed E-state index contributed by atoms with van der Waals surface area (Å²) in [6.07, 6.45) is 0.818. The van der Waals surface area contributed by atoms with Crippen LogP contribution in [-0.4, -0.2) is 46.7 Å². The van der Waals surface area contributed by atoms with E-state index in [-0.39, 0.29) is 18.2 Å². The van der Waals surface area contributed by atoms with Gasteiger partial charge in [-0.05, 0) is 38.8 Å². The molecule has 7 nitrogen and oxygen atoms in total. The Morgan fingerprint density at radius 3 is 2.37 bits per heavy atom. The van der Waals surface area contributed by atoms with Gasteiger partial charge in [-0.2, -0.15) is 12.6 Å². The van der Waals surface area contributed by atoms with Gasteiger partial charge < -0.3 is 20.3 Å². The second-order valence-electron chi connectivity index (χ2n) is 9.18. The average molecular weight is 498 g/mol. The molecule has 35 heavy (non-hydrogen) atoms. The standard InChI is InChI=1S/C27H35N3O4S/c1-6-15-30(25(32)22(18-35)29-26(33)34-27(3,4)5)23(21-14-10-11-19(2)16-21)24(31)28-17-20-12-8-7-9-13-20/h6-14,16,22-23,35H,1,15,17-18H2,2-5H3,(H,28,31)(H,29,33). The van der Waals surface area contributed by atoms with E-state index in [2.05, 4.69) is 29.8 Å². The second-order valence-corrected chi connectivity index (χ2v) is 9.55. The number of carbonyl (C=O) groups is 3. The Morgan fingerprint density at radius 2 is 1.80 bits per heavy atom. The number of hydrogen-bond acceptors (Lipinski definition) is 5. The Hall–Kier alpha value is -3.26. The van der Waals surface area contributed by atoms with Crippen molar-refractivity contribution in [3.05, 3.63) is 83.9 Å². The Kier molecular flexibility index (Phi) is 10.4. The molecule has 0 bridgehead atoms. The predicted octanol–water partition coefficient (Wildman–Crippen LogP) is 4.19. The smallest absolute Gasteiger partial charge is 0.408 e. The van der Waals surface area contributed by atoms with Gasteiger partial charge in [-0.25, -0.2) is 4.79 Å². The molecule has 8 heteroatoms. The first-order valence-electron chi connectivity index (χ1n) is 11.5. The molecule has 0 aliphatic carbocycles. The quantitative estimate of drug-likeness (QED) is 0.339. The number of benzene rings is 2. The highest BCUT2D eigenvalue weighted by Gasteiger charge is 2.35. The number of hydrogen-bond donors (Lipinski definition) is 3. The molecule has 2 N–H and O–H groups in total. The maximum absolute atomic E-state index is 13.6. The highest BCUT2D eigenvalue weighted by molar-refractivity contribution is 7.80. The molecule has 2 unspecified atom stereocenters. The van der Waals surface area contributed by atoms with Crippen molar-refractivity contribution < 1.29 is 19.1 Å². The summed E-state index contributed by atoms with van der Waals surface area (Å²) in [4.78, 5) is 40.9. The van der Waals surface area contributed by atoms with Gasteiger partial charge in [0, 0.05) is 18.8 Å². The van der Waals surface area contributed by atoms with Gasteiger partial charge in [0.2, 0.25) is 11.8 Å². The number of nitrogens with zero attached hydrogens (tertiary/aromatic N) is 1. The molecule has 0 spiro atoms. The molecule has 0 saturated heterocycles. The summed E-state index contributed by atoms with van der Waals surface area (Å²) in [5.74, 6) is -0.783. The first-order valence-corrected chi connectivity index (χ1v) is 12.1. The number of nitrogens with one attached hydrogen (secondary N) is 2. The highest BCUT2D eigenvalue weighted by Crippen LogP contribution is 2.24. The van der Waals surface area contributed by atoms with Crippen LogP contribution in [0.15, 0.2) is 67.3 Å². The van der Waals surface area contributed by atoms with Gasteiger partial charge >= 0.3 is 6.09 Å². The van der Waals surface area contributed by atoms with Crippen LogP contribution in [0.2, 0.25) is 0 Å². The number of thiol groups is 1. The van der Waals surface area contributed by atoms with Gasteiger partial charge in [0.1, 0.15) is 17.7 Å². The van der Waals surface area contributed by atoms with Crippen molar-refractivity contribution in [1.82, 2.24) is 15.5 Å². The molecule has 0 radical (unpaired) electrons. The minimum Gasteiger partial charge on any atom is -0.444 e. The van der Waals surface area contributed by atoms with Crippen molar-refractivity contribution in [3.63, 3.8) is 0 Å². The molecule has 2 rings (SSSR count). The van der Waals surface area contributed by atoms with Crippen LogP contribution < -0.4 is 10.6 Å². The average Bonchev–Trinajstić information content (AvgIpc) is 2.80. The van der Waals surface area contributed by atoms with E-state index < -0.39 is 29.7 Å². The summed E-state index contributed by atoms with van der Waals surface area (Å²) in [6, 6.07) is 15.0. The number of aryl methyl sites for hydroxylation is 1. The molecule has 0 saturated carbocycles. The van der Waals surface area contributed by atoms with E-state index in [0.717, 1.165) is 11.1 Å². The summed E-state index contributed by atoms with van der Waals surface area (Å²) in [6.45, 7) is 11.3. The van der Waals surface area contributed by atoms with Gasteiger partial charge in [-0.1, -0.05) is 66.2 Å². The highest BCUT2D eigenvalue weighted by atomic mass is 32.1. The van der Waals surface area contributed by atoms with E-state index in [0.29, 0.717) is 12.1 Å². The van der Waals surface area contributed by atoms with Crippen LogP contribution in [0.3, 0.4) is 0 Å². The van der Waals surface area contributed by atoms with Crippen LogP contribution in [0.1, 0.15) is 43.5 Å². The van der Waals surface area contributed by atoms with E-state index in [1.165, 1.54) is 4.90 Å². The van der Waals surface area contributed by atoms with Crippen molar-refractivity contribution in [1.29, 1.82) is 0 Å². The molecule has 3 amide bonds. The van der Waals surface area contributed by atoms with Crippen LogP contribution >= 0.6 is 12.6 Å². The number of alkyl carbamates (subject to hydrolysis) is 1. The van der Waals surface area contributed by atoms with Crippen LogP contribution in [0.25, 0.3) is 0 Å². The van der Waals surface area contributed by atoms with E-state index in [9.17, 15) is 14.4 Å². The fraction of sp³-hybridized carbons (Fsp3) is 0.370. The molecule has 0 aliphatic rings. The van der Waals surface area contributed by atoms with E-state index in [1.807, 2.05) is 55.5 Å². The molecule has 0 fully saturated rings. The predicted molar refractivity (Wildman–Crippen MR) is 141 cm³/mol. The van der Waals surface area contributed by atoms with Crippen molar-refractivity contribution in [2.24, 2.45) is 0 Å². The molecule has 188 valence electrons. The van der Waals surface area contributed by atoms with Crippen LogP contribution in [-0.2, 0) is 20.9 Å². The third kappa shape index (κ3) is 8.79. The Bertz CT molecular complexity index is 1020. The fourth-order valence-electron chi connectivity index (χ4n) is 3.49. The zero-order valence-electron chi connectivity index (χ0n) is 20.8. The van der Waals surface area contributed by atoms with E-state index >= 15 is 0 Å². The van der Waals surface area contributed by atoms with Crippen molar-refractivity contribution in [2.75, 3.05) is 12.3 Å². The fourth-order valence-corrected chi connectivity index (χ4v) is 3.74. The maximum Gasteiger partial charge on any atom is 0.408 e. The maximum atomic E-state index is 13.6. The zero-order valence-corrected chi connectivity index (χ0v) is 21.7. The normalized spacial score (nSPS) is 12.7. The van der Waals surface area contributed by atoms with Gasteiger partial charge in [0.25, 0.3) is 0 Å². The Labute approximate surface area is 213 Å². The zero-order chi connectivity index (χ0) is 26.0. The molecular weight excluding hydrogens is 462 g/mol. The molecule has 2 aromatic carbocycles. The summed E-state index contributed by atoms with van der Waals surface area (Å²) in [5.41, 5.74) is 1.81. The van der Waals surface area contributed by atoms with Crippen molar-refractivity contribution in [2.45, 2.75) is 51.9 Å². The van der Waals surface area contributed by atoms with Crippen LogP contribution in [0, 0.1) is 6.92 Å². The number of amides is 3. The monoisotopic (exact) mass is 497 g/mol. The number of carbonyl (C=O) groups excluding carboxylic acids is 3. The lowest BCUT2D eigenvalue weighted by molar-refractivity contribution is -0.141. The third-order valence-electron chi connectivity index (χ3n) is 5.01. The minimum atomic E-state index is -0.998.